The van der Waals surface area contributed by atoms with Gasteiger partial charge in [-0.15, -0.1) is 0 Å². The van der Waals surface area contributed by atoms with Gasteiger partial charge >= 0.3 is 0 Å². The number of rotatable bonds is 5. The van der Waals surface area contributed by atoms with Crippen LogP contribution in [0.1, 0.15) is 24.2 Å². The van der Waals surface area contributed by atoms with Gasteiger partial charge < -0.3 is 15.1 Å². The molecule has 29 heavy (non-hydrogen) atoms. The number of benzene rings is 2. The molecule has 1 unspecified atom stereocenters. The topological polar surface area (TPSA) is 52.7 Å². The van der Waals surface area contributed by atoms with Crippen molar-refractivity contribution in [3.8, 4) is 0 Å². The molecule has 2 amide bonds. The van der Waals surface area contributed by atoms with Gasteiger partial charge in [-0.25, -0.2) is 4.39 Å². The molecule has 5 nitrogen and oxygen atoms in total. The van der Waals surface area contributed by atoms with Gasteiger partial charge in [-0.05, 0) is 42.3 Å². The second-order valence-electron chi connectivity index (χ2n) is 7.46. The van der Waals surface area contributed by atoms with Crippen LogP contribution in [0.5, 0.6) is 0 Å². The van der Waals surface area contributed by atoms with E-state index in [1.54, 1.807) is 11.0 Å². The Morgan fingerprint density at radius 3 is 2.21 bits per heavy atom. The van der Waals surface area contributed by atoms with Gasteiger partial charge in [0.05, 0.1) is 5.56 Å². The van der Waals surface area contributed by atoms with Crippen molar-refractivity contribution in [1.82, 2.24) is 10.2 Å². The maximum absolute atomic E-state index is 13.9. The average Bonchev–Trinajstić information content (AvgIpc) is 2.72. The third-order valence-corrected chi connectivity index (χ3v) is 5.37. The fourth-order valence-electron chi connectivity index (χ4n) is 3.41. The van der Waals surface area contributed by atoms with E-state index in [-0.39, 0.29) is 17.4 Å². The number of carbonyl (C=O) groups excluding carboxylic acids is 2. The molecule has 0 aromatic heterocycles. The number of amides is 2. The molecule has 154 valence electrons. The van der Waals surface area contributed by atoms with Gasteiger partial charge in [0.25, 0.3) is 5.91 Å². The molecule has 2 aromatic carbocycles. The van der Waals surface area contributed by atoms with Crippen LogP contribution in [0, 0.1) is 11.7 Å². The molecule has 0 bridgehead atoms. The Balaban J connectivity index is 1.63. The molecule has 1 fully saturated rings. The summed E-state index contributed by atoms with van der Waals surface area (Å²) in [5.41, 5.74) is 1.01. The molecule has 0 aliphatic carbocycles. The van der Waals surface area contributed by atoms with Crippen molar-refractivity contribution >= 4 is 29.1 Å². The first-order chi connectivity index (χ1) is 13.9. The Labute approximate surface area is 175 Å². The van der Waals surface area contributed by atoms with Crippen molar-refractivity contribution in [2.45, 2.75) is 19.9 Å². The van der Waals surface area contributed by atoms with E-state index in [2.05, 4.69) is 10.2 Å². The molecule has 0 saturated carbocycles. The molecule has 0 radical (unpaired) electrons. The molecule has 1 atom stereocenters. The molecular formula is C22H25ClFN3O2. The lowest BCUT2D eigenvalue weighted by molar-refractivity contribution is -0.134. The Kier molecular flexibility index (Phi) is 6.75. The normalized spacial score (nSPS) is 15.3. The summed E-state index contributed by atoms with van der Waals surface area (Å²) in [7, 11) is 0. The quantitative estimate of drug-likeness (QED) is 0.809. The number of hydrogen-bond donors (Lipinski definition) is 1. The number of halogens is 2. The van der Waals surface area contributed by atoms with Crippen LogP contribution in [0.2, 0.25) is 5.02 Å². The average molecular weight is 418 g/mol. The van der Waals surface area contributed by atoms with Crippen molar-refractivity contribution in [1.29, 1.82) is 0 Å². The predicted octanol–water partition coefficient (Wildman–Crippen LogP) is 3.58. The first-order valence-corrected chi connectivity index (χ1v) is 10.1. The van der Waals surface area contributed by atoms with Crippen molar-refractivity contribution in [3.05, 3.63) is 64.9 Å². The van der Waals surface area contributed by atoms with Crippen LogP contribution in [0.15, 0.2) is 48.5 Å². The lowest BCUT2D eigenvalue weighted by atomic mass is 10.0. The van der Waals surface area contributed by atoms with Crippen LogP contribution < -0.4 is 10.2 Å². The summed E-state index contributed by atoms with van der Waals surface area (Å²) in [6, 6.07) is 12.7. The maximum atomic E-state index is 13.9. The van der Waals surface area contributed by atoms with Crippen LogP contribution in [0.3, 0.4) is 0 Å². The number of nitrogens with zero attached hydrogens (tertiary/aromatic N) is 2. The van der Waals surface area contributed by atoms with E-state index in [1.807, 2.05) is 38.1 Å². The number of piperazine rings is 1. The summed E-state index contributed by atoms with van der Waals surface area (Å²) < 4.78 is 13.9. The van der Waals surface area contributed by atoms with Crippen molar-refractivity contribution < 1.29 is 14.0 Å². The zero-order valence-corrected chi connectivity index (χ0v) is 17.3. The van der Waals surface area contributed by atoms with Gasteiger partial charge in [0, 0.05) is 36.9 Å². The number of hydrogen-bond acceptors (Lipinski definition) is 3. The van der Waals surface area contributed by atoms with Crippen molar-refractivity contribution in [3.63, 3.8) is 0 Å². The molecule has 3 rings (SSSR count). The second-order valence-corrected chi connectivity index (χ2v) is 7.90. The minimum atomic E-state index is -0.704. The molecule has 2 aromatic rings. The van der Waals surface area contributed by atoms with Gasteiger partial charge in [0.2, 0.25) is 5.91 Å². The molecule has 1 aliphatic heterocycles. The van der Waals surface area contributed by atoms with E-state index in [4.69, 9.17) is 11.6 Å². The standard InChI is InChI=1S/C22H25ClFN3O2/c1-15(2)20(25-21(28)18-5-3-4-6-19(18)24)22(29)27-13-11-26(12-14-27)17-9-7-16(23)8-10-17/h3-10,15,20H,11-14H2,1-2H3,(H,25,28). The fourth-order valence-corrected chi connectivity index (χ4v) is 3.54. The Hall–Kier alpha value is -2.60. The first kappa shape index (κ1) is 21.1. The molecular weight excluding hydrogens is 393 g/mol. The van der Waals surface area contributed by atoms with E-state index < -0.39 is 17.8 Å². The van der Waals surface area contributed by atoms with E-state index in [0.717, 1.165) is 5.69 Å². The van der Waals surface area contributed by atoms with E-state index in [0.29, 0.717) is 31.2 Å². The van der Waals surface area contributed by atoms with Gasteiger partial charge in [-0.3, -0.25) is 9.59 Å². The first-order valence-electron chi connectivity index (χ1n) is 9.71. The lowest BCUT2D eigenvalue weighted by Crippen LogP contribution is -2.56. The highest BCUT2D eigenvalue weighted by atomic mass is 35.5. The number of anilines is 1. The summed E-state index contributed by atoms with van der Waals surface area (Å²) in [5, 5.41) is 3.41. The van der Waals surface area contributed by atoms with E-state index in [9.17, 15) is 14.0 Å². The van der Waals surface area contributed by atoms with Crippen LogP contribution in [-0.4, -0.2) is 48.9 Å². The summed E-state index contributed by atoms with van der Waals surface area (Å²) in [5.74, 6) is -1.43. The summed E-state index contributed by atoms with van der Waals surface area (Å²) in [6.07, 6.45) is 0. The molecule has 1 N–H and O–H groups in total. The number of nitrogens with one attached hydrogen (secondary N) is 1. The van der Waals surface area contributed by atoms with Gasteiger partial charge in [0.15, 0.2) is 0 Å². The zero-order valence-electron chi connectivity index (χ0n) is 16.6. The molecule has 1 saturated heterocycles. The van der Waals surface area contributed by atoms with Crippen molar-refractivity contribution in [2.24, 2.45) is 5.92 Å². The minimum absolute atomic E-state index is 0.0569. The monoisotopic (exact) mass is 417 g/mol. The van der Waals surface area contributed by atoms with Crippen LogP contribution in [0.25, 0.3) is 0 Å². The summed E-state index contributed by atoms with van der Waals surface area (Å²) in [4.78, 5) is 29.5. The molecule has 1 aliphatic rings. The van der Waals surface area contributed by atoms with E-state index >= 15 is 0 Å². The van der Waals surface area contributed by atoms with Gasteiger partial charge in [-0.2, -0.15) is 0 Å². The predicted molar refractivity (Wildman–Crippen MR) is 113 cm³/mol. The van der Waals surface area contributed by atoms with Gasteiger partial charge in [-0.1, -0.05) is 37.6 Å². The maximum Gasteiger partial charge on any atom is 0.254 e. The third-order valence-electron chi connectivity index (χ3n) is 5.12. The fraction of sp³-hybridized carbons (Fsp3) is 0.364. The summed E-state index contributed by atoms with van der Waals surface area (Å²) >= 11 is 5.95. The van der Waals surface area contributed by atoms with Crippen molar-refractivity contribution in [2.75, 3.05) is 31.1 Å². The van der Waals surface area contributed by atoms with Crippen LogP contribution >= 0.6 is 11.6 Å². The Morgan fingerprint density at radius 2 is 1.62 bits per heavy atom. The SMILES string of the molecule is CC(C)C(NC(=O)c1ccccc1F)C(=O)N1CCN(c2ccc(Cl)cc2)CC1. The smallest absolute Gasteiger partial charge is 0.254 e. The Morgan fingerprint density at radius 1 is 1.00 bits per heavy atom. The largest absolute Gasteiger partial charge is 0.368 e. The second kappa shape index (κ2) is 9.27. The Bertz CT molecular complexity index is 865. The molecule has 1 heterocycles. The number of carbonyl (C=O) groups is 2. The highest BCUT2D eigenvalue weighted by Crippen LogP contribution is 2.20. The lowest BCUT2D eigenvalue weighted by Gasteiger charge is -2.38. The van der Waals surface area contributed by atoms with Gasteiger partial charge in [0.1, 0.15) is 11.9 Å². The zero-order chi connectivity index (χ0) is 21.0. The third kappa shape index (κ3) is 5.07. The van der Waals surface area contributed by atoms with Crippen LogP contribution in [-0.2, 0) is 4.79 Å². The summed E-state index contributed by atoms with van der Waals surface area (Å²) in [6.45, 7) is 6.24. The van der Waals surface area contributed by atoms with E-state index in [1.165, 1.54) is 18.2 Å². The molecule has 0 spiro atoms. The molecule has 7 heteroatoms. The highest BCUT2D eigenvalue weighted by Gasteiger charge is 2.31. The highest BCUT2D eigenvalue weighted by molar-refractivity contribution is 6.30. The van der Waals surface area contributed by atoms with Crippen LogP contribution in [0.4, 0.5) is 10.1 Å². The minimum Gasteiger partial charge on any atom is -0.368 e.